The molecule has 2 fully saturated rings. The second-order valence-electron chi connectivity index (χ2n) is 10.4. The summed E-state index contributed by atoms with van der Waals surface area (Å²) in [7, 11) is 3.38. The van der Waals surface area contributed by atoms with E-state index in [-0.39, 0.29) is 30.2 Å². The summed E-state index contributed by atoms with van der Waals surface area (Å²) in [4.78, 5) is 25.8. The third kappa shape index (κ3) is 6.37. The van der Waals surface area contributed by atoms with Gasteiger partial charge in [0, 0.05) is 44.0 Å². The molecule has 4 rings (SSSR count). The number of hydrogen-bond donors (Lipinski definition) is 4. The Morgan fingerprint density at radius 3 is 2.66 bits per heavy atom. The molecule has 1 saturated heterocycles. The minimum Gasteiger partial charge on any atom is -0.379 e. The van der Waals surface area contributed by atoms with Crippen LogP contribution in [0.2, 0.25) is 0 Å². The number of piperidine rings is 1. The summed E-state index contributed by atoms with van der Waals surface area (Å²) in [6, 6.07) is 3.05. The number of hydrogen-bond acceptors (Lipinski definition) is 5. The first kappa shape index (κ1) is 28.1. The Labute approximate surface area is 220 Å². The van der Waals surface area contributed by atoms with Crippen LogP contribution in [-0.4, -0.2) is 74.9 Å². The van der Waals surface area contributed by atoms with Gasteiger partial charge in [-0.15, -0.1) is 0 Å². The van der Waals surface area contributed by atoms with Crippen molar-refractivity contribution in [2.75, 3.05) is 39.0 Å². The number of carbonyl (C=O) groups excluding carboxylic acids is 2. The smallest absolute Gasteiger partial charge is 0.379 e. The van der Waals surface area contributed by atoms with E-state index in [4.69, 9.17) is 0 Å². The zero-order valence-electron chi connectivity index (χ0n) is 21.6. The van der Waals surface area contributed by atoms with Crippen LogP contribution in [0.15, 0.2) is 42.5 Å². The van der Waals surface area contributed by atoms with E-state index in [1.807, 2.05) is 11.9 Å². The van der Waals surface area contributed by atoms with Gasteiger partial charge in [-0.2, -0.15) is 13.2 Å². The van der Waals surface area contributed by atoms with E-state index < -0.39 is 36.0 Å². The van der Waals surface area contributed by atoms with Gasteiger partial charge < -0.3 is 20.9 Å². The second kappa shape index (κ2) is 11.4. The lowest BCUT2D eigenvalue weighted by atomic mass is 9.85. The molecule has 1 aliphatic carbocycles. The van der Waals surface area contributed by atoms with Gasteiger partial charge in [0.15, 0.2) is 0 Å². The first-order chi connectivity index (χ1) is 18.0. The van der Waals surface area contributed by atoms with Crippen LogP contribution >= 0.6 is 0 Å². The minimum atomic E-state index is -4.60. The number of rotatable bonds is 8. The molecule has 0 aromatic heterocycles. The summed E-state index contributed by atoms with van der Waals surface area (Å²) in [6.45, 7) is 4.54. The van der Waals surface area contributed by atoms with Crippen molar-refractivity contribution in [3.05, 3.63) is 53.6 Å². The van der Waals surface area contributed by atoms with Crippen LogP contribution in [0.3, 0.4) is 0 Å². The predicted molar refractivity (Wildman–Crippen MR) is 137 cm³/mol. The number of amides is 2. The number of carbonyl (C=O) groups is 2. The summed E-state index contributed by atoms with van der Waals surface area (Å²) in [5.74, 6) is -1.05. The van der Waals surface area contributed by atoms with Crippen LogP contribution in [0.1, 0.15) is 30.0 Å². The van der Waals surface area contributed by atoms with Crippen molar-refractivity contribution in [1.82, 2.24) is 20.9 Å². The minimum absolute atomic E-state index is 0.162. The molecule has 4 N–H and O–H groups in total. The number of anilines is 1. The van der Waals surface area contributed by atoms with E-state index in [0.717, 1.165) is 6.54 Å². The predicted octanol–water partition coefficient (Wildman–Crippen LogP) is 2.87. The van der Waals surface area contributed by atoms with Gasteiger partial charge in [-0.3, -0.25) is 14.9 Å². The van der Waals surface area contributed by atoms with E-state index in [2.05, 4.69) is 27.8 Å². The standard InChI is InChI=1S/C27H35F4N5O2/c1-15(27(29,30)31)24-17-7-4-8-22(35-23-9-11-36(3)14-21(23)28)18(17)12-16(34-24)6-5-10-33-26(38)20-13-19(20)25(37)32-2/h4-8,16,19-21,23-24,34-35H,1,9-14H2,2-3H3,(H,32,37)(H,33,38)/b6-5+/t16?,19-,20+,21-,23+,24?/m0/s1. The average molecular weight is 538 g/mol. The number of alkyl halides is 4. The highest BCUT2D eigenvalue weighted by atomic mass is 19.4. The zero-order valence-corrected chi connectivity index (χ0v) is 21.6. The molecule has 0 bridgehead atoms. The van der Waals surface area contributed by atoms with Crippen LogP contribution in [0.5, 0.6) is 0 Å². The van der Waals surface area contributed by atoms with Gasteiger partial charge in [-0.25, -0.2) is 4.39 Å². The first-order valence-electron chi connectivity index (χ1n) is 12.9. The van der Waals surface area contributed by atoms with E-state index in [1.165, 1.54) is 7.05 Å². The Kier molecular flexibility index (Phi) is 8.46. The maximum Gasteiger partial charge on any atom is 0.413 e. The molecule has 3 aliphatic rings. The molecule has 0 radical (unpaired) electrons. The SMILES string of the molecule is C=C(C1NC(/C=C/CNC(=O)[C@@H]2C[C@@H]2C(=O)NC)Cc2c(N[C@@H]3CCN(C)C[C@@H]3F)cccc21)C(F)(F)F. The van der Waals surface area contributed by atoms with Crippen molar-refractivity contribution in [3.8, 4) is 0 Å². The molecular weight excluding hydrogens is 502 g/mol. The highest BCUT2D eigenvalue weighted by Gasteiger charge is 2.47. The van der Waals surface area contributed by atoms with Crippen molar-refractivity contribution in [3.63, 3.8) is 0 Å². The monoisotopic (exact) mass is 537 g/mol. The molecule has 208 valence electrons. The van der Waals surface area contributed by atoms with E-state index in [0.29, 0.717) is 42.6 Å². The molecule has 6 atom stereocenters. The highest BCUT2D eigenvalue weighted by Crippen LogP contribution is 2.41. The fourth-order valence-electron chi connectivity index (χ4n) is 5.30. The molecule has 2 aliphatic heterocycles. The van der Waals surface area contributed by atoms with Crippen molar-refractivity contribution in [2.45, 2.75) is 49.7 Å². The van der Waals surface area contributed by atoms with Gasteiger partial charge in [-0.1, -0.05) is 30.9 Å². The largest absolute Gasteiger partial charge is 0.413 e. The number of likely N-dealkylation sites (tertiary alicyclic amines) is 1. The van der Waals surface area contributed by atoms with Crippen molar-refractivity contribution in [2.24, 2.45) is 11.8 Å². The van der Waals surface area contributed by atoms with E-state index in [1.54, 1.807) is 30.4 Å². The molecule has 11 heteroatoms. The molecule has 0 spiro atoms. The Balaban J connectivity index is 1.47. The topological polar surface area (TPSA) is 85.5 Å². The quantitative estimate of drug-likeness (QED) is 0.303. The van der Waals surface area contributed by atoms with E-state index in [9.17, 15) is 27.2 Å². The number of nitrogens with one attached hydrogen (secondary N) is 4. The fourth-order valence-corrected chi connectivity index (χ4v) is 5.30. The van der Waals surface area contributed by atoms with Gasteiger partial charge in [-0.05, 0) is 43.5 Å². The average Bonchev–Trinajstić information content (AvgIpc) is 3.68. The lowest BCUT2D eigenvalue weighted by Crippen LogP contribution is -2.46. The molecule has 2 amide bonds. The molecule has 2 heterocycles. The molecule has 1 aromatic rings. The number of halogens is 4. The van der Waals surface area contributed by atoms with Gasteiger partial charge >= 0.3 is 6.18 Å². The Hall–Kier alpha value is -2.92. The first-order valence-corrected chi connectivity index (χ1v) is 12.9. The lowest BCUT2D eigenvalue weighted by Gasteiger charge is -2.37. The molecular formula is C27H35F4N5O2. The lowest BCUT2D eigenvalue weighted by molar-refractivity contribution is -0.126. The van der Waals surface area contributed by atoms with Gasteiger partial charge in [0.05, 0.1) is 23.9 Å². The van der Waals surface area contributed by atoms with Crippen molar-refractivity contribution < 1.29 is 27.2 Å². The highest BCUT2D eigenvalue weighted by molar-refractivity contribution is 5.92. The van der Waals surface area contributed by atoms with Crippen molar-refractivity contribution >= 4 is 17.5 Å². The third-order valence-corrected chi connectivity index (χ3v) is 7.60. The van der Waals surface area contributed by atoms with Crippen LogP contribution < -0.4 is 21.3 Å². The van der Waals surface area contributed by atoms with Gasteiger partial charge in [0.25, 0.3) is 0 Å². The molecule has 7 nitrogen and oxygen atoms in total. The maximum atomic E-state index is 14.7. The number of nitrogens with zero attached hydrogens (tertiary/aromatic N) is 1. The molecule has 2 unspecified atom stereocenters. The Morgan fingerprint density at radius 1 is 1.24 bits per heavy atom. The van der Waals surface area contributed by atoms with Crippen LogP contribution in [0.25, 0.3) is 0 Å². The molecule has 1 aromatic carbocycles. The molecule has 38 heavy (non-hydrogen) atoms. The summed E-state index contributed by atoms with van der Waals surface area (Å²) in [5, 5.41) is 11.6. The van der Waals surface area contributed by atoms with Gasteiger partial charge in [0.1, 0.15) is 6.17 Å². The van der Waals surface area contributed by atoms with Crippen LogP contribution in [0.4, 0.5) is 23.2 Å². The fraction of sp³-hybridized carbons (Fsp3) is 0.556. The number of fused-ring (bicyclic) bond motifs is 1. The van der Waals surface area contributed by atoms with Gasteiger partial charge in [0.2, 0.25) is 11.8 Å². The number of benzene rings is 1. The Bertz CT molecular complexity index is 1090. The van der Waals surface area contributed by atoms with Crippen molar-refractivity contribution in [1.29, 1.82) is 0 Å². The summed E-state index contributed by atoms with van der Waals surface area (Å²) >= 11 is 0. The summed E-state index contributed by atoms with van der Waals surface area (Å²) in [5.41, 5.74) is 0.881. The maximum absolute atomic E-state index is 14.7. The van der Waals surface area contributed by atoms with Crippen LogP contribution in [0, 0.1) is 11.8 Å². The van der Waals surface area contributed by atoms with Crippen LogP contribution in [-0.2, 0) is 16.0 Å². The summed E-state index contributed by atoms with van der Waals surface area (Å²) in [6.07, 6.45) is -0.797. The Morgan fingerprint density at radius 2 is 1.97 bits per heavy atom. The van der Waals surface area contributed by atoms with E-state index >= 15 is 0 Å². The normalized spacial score (nSPS) is 29.4. The second-order valence-corrected chi connectivity index (χ2v) is 10.4. The third-order valence-electron chi connectivity index (χ3n) is 7.60. The summed E-state index contributed by atoms with van der Waals surface area (Å²) < 4.78 is 55.8. The molecule has 1 saturated carbocycles. The zero-order chi connectivity index (χ0) is 27.6.